The monoisotopic (exact) mass is 400 g/mol. The first-order valence-electron chi connectivity index (χ1n) is 7.70. The van der Waals surface area contributed by atoms with E-state index in [2.05, 4.69) is 5.32 Å². The Labute approximate surface area is 158 Å². The molecule has 10 heteroatoms. The van der Waals surface area contributed by atoms with Gasteiger partial charge >= 0.3 is 5.97 Å². The van der Waals surface area contributed by atoms with E-state index < -0.39 is 23.8 Å². The molecule has 140 valence electrons. The molecule has 26 heavy (non-hydrogen) atoms. The number of ether oxygens (including phenoxy) is 1. The molecule has 7 nitrogen and oxygen atoms in total. The number of carbonyl (C=O) groups is 4. The Balaban J connectivity index is 1.69. The lowest BCUT2D eigenvalue weighted by Gasteiger charge is -2.16. The molecule has 1 aliphatic heterocycles. The molecule has 1 fully saturated rings. The van der Waals surface area contributed by atoms with Gasteiger partial charge in [-0.2, -0.15) is 0 Å². The van der Waals surface area contributed by atoms with E-state index in [4.69, 9.17) is 4.74 Å². The Bertz CT molecular complexity index is 700. The van der Waals surface area contributed by atoms with Gasteiger partial charge in [0.05, 0.1) is 11.5 Å². The van der Waals surface area contributed by atoms with Crippen molar-refractivity contribution in [2.75, 3.05) is 24.6 Å². The van der Waals surface area contributed by atoms with Crippen molar-refractivity contribution < 1.29 is 28.3 Å². The van der Waals surface area contributed by atoms with Crippen LogP contribution in [0, 0.1) is 5.82 Å². The molecule has 0 spiro atoms. The second-order valence-electron chi connectivity index (χ2n) is 5.24. The second kappa shape index (κ2) is 9.58. The fourth-order valence-electron chi connectivity index (χ4n) is 2.01. The van der Waals surface area contributed by atoms with E-state index in [1.165, 1.54) is 13.0 Å². The molecule has 1 saturated heterocycles. The van der Waals surface area contributed by atoms with Crippen LogP contribution in [-0.4, -0.2) is 58.6 Å². The van der Waals surface area contributed by atoms with Crippen LogP contribution in [0.4, 0.5) is 9.18 Å². The molecule has 0 unspecified atom stereocenters. The summed E-state index contributed by atoms with van der Waals surface area (Å²) < 4.78 is 18.5. The van der Waals surface area contributed by atoms with Crippen LogP contribution in [0.1, 0.15) is 6.92 Å². The third-order valence-corrected chi connectivity index (χ3v) is 5.22. The zero-order valence-corrected chi connectivity index (χ0v) is 15.5. The number of benzene rings is 1. The maximum absolute atomic E-state index is 13.5. The van der Waals surface area contributed by atoms with E-state index in [0.29, 0.717) is 4.90 Å². The van der Waals surface area contributed by atoms with Crippen molar-refractivity contribution in [3.8, 4) is 0 Å². The number of imide groups is 1. The van der Waals surface area contributed by atoms with Crippen molar-refractivity contribution in [1.82, 2.24) is 10.2 Å². The number of nitrogens with zero attached hydrogens (tertiary/aromatic N) is 1. The van der Waals surface area contributed by atoms with Crippen LogP contribution >= 0.6 is 23.5 Å². The number of carbonyl (C=O) groups excluding carboxylic acids is 4. The van der Waals surface area contributed by atoms with Crippen molar-refractivity contribution in [2.45, 2.75) is 17.9 Å². The molecule has 2 rings (SSSR count). The third kappa shape index (κ3) is 5.73. The number of thioether (sulfide) groups is 2. The SMILES string of the molecule is C[C@H](OC(=O)CSc1ccccc1F)C(=O)NCCN1C(=O)CSC1=O. The maximum atomic E-state index is 13.5. The van der Waals surface area contributed by atoms with Crippen LogP contribution in [0.5, 0.6) is 0 Å². The summed E-state index contributed by atoms with van der Waals surface area (Å²) in [7, 11) is 0. The molecule has 0 saturated carbocycles. The number of amides is 3. The van der Waals surface area contributed by atoms with Crippen molar-refractivity contribution in [3.63, 3.8) is 0 Å². The lowest BCUT2D eigenvalue weighted by Crippen LogP contribution is -2.41. The van der Waals surface area contributed by atoms with E-state index in [0.717, 1.165) is 28.4 Å². The summed E-state index contributed by atoms with van der Waals surface area (Å²) in [4.78, 5) is 47.9. The van der Waals surface area contributed by atoms with Gasteiger partial charge in [-0.1, -0.05) is 23.9 Å². The van der Waals surface area contributed by atoms with E-state index in [1.807, 2.05) is 0 Å². The quantitative estimate of drug-likeness (QED) is 0.524. The molecule has 3 amide bonds. The highest BCUT2D eigenvalue weighted by Crippen LogP contribution is 2.21. The highest BCUT2D eigenvalue weighted by molar-refractivity contribution is 8.14. The summed E-state index contributed by atoms with van der Waals surface area (Å²) >= 11 is 1.90. The Morgan fingerprint density at radius 2 is 2.12 bits per heavy atom. The van der Waals surface area contributed by atoms with Crippen LogP contribution in [-0.2, 0) is 19.1 Å². The van der Waals surface area contributed by atoms with Crippen LogP contribution in [0.3, 0.4) is 0 Å². The summed E-state index contributed by atoms with van der Waals surface area (Å²) in [6.45, 7) is 1.55. The average Bonchev–Trinajstić information content (AvgIpc) is 2.92. The molecule has 0 aromatic heterocycles. The van der Waals surface area contributed by atoms with Gasteiger partial charge < -0.3 is 10.1 Å². The predicted octanol–water partition coefficient (Wildman–Crippen LogP) is 1.66. The Kier molecular flexibility index (Phi) is 7.46. The first kappa shape index (κ1) is 20.2. The zero-order chi connectivity index (χ0) is 19.1. The molecule has 1 aliphatic rings. The molecule has 1 atom stereocenters. The summed E-state index contributed by atoms with van der Waals surface area (Å²) in [5.74, 6) is -1.94. The number of esters is 1. The Morgan fingerprint density at radius 3 is 2.77 bits per heavy atom. The molecule has 1 aromatic carbocycles. The molecule has 1 N–H and O–H groups in total. The van der Waals surface area contributed by atoms with Gasteiger partial charge in [0.15, 0.2) is 6.10 Å². The molecular formula is C16H17FN2O5S2. The first-order valence-corrected chi connectivity index (χ1v) is 9.67. The largest absolute Gasteiger partial charge is 0.452 e. The second-order valence-corrected chi connectivity index (χ2v) is 7.19. The van der Waals surface area contributed by atoms with Crippen molar-refractivity contribution in [1.29, 1.82) is 0 Å². The zero-order valence-electron chi connectivity index (χ0n) is 13.9. The fourth-order valence-corrected chi connectivity index (χ4v) is 3.49. The van der Waals surface area contributed by atoms with Gasteiger partial charge in [0.2, 0.25) is 5.91 Å². The summed E-state index contributed by atoms with van der Waals surface area (Å²) in [6, 6.07) is 6.04. The predicted molar refractivity (Wildman–Crippen MR) is 95.3 cm³/mol. The minimum atomic E-state index is -1.04. The van der Waals surface area contributed by atoms with E-state index >= 15 is 0 Å². The van der Waals surface area contributed by atoms with Crippen LogP contribution in [0.15, 0.2) is 29.2 Å². The van der Waals surface area contributed by atoms with Gasteiger partial charge in [0, 0.05) is 18.0 Å². The van der Waals surface area contributed by atoms with Crippen molar-refractivity contribution in [3.05, 3.63) is 30.1 Å². The van der Waals surface area contributed by atoms with Gasteiger partial charge in [-0.25, -0.2) is 4.39 Å². The number of nitrogens with one attached hydrogen (secondary N) is 1. The lowest BCUT2D eigenvalue weighted by atomic mass is 10.3. The summed E-state index contributed by atoms with van der Waals surface area (Å²) in [5, 5.41) is 2.16. The van der Waals surface area contributed by atoms with E-state index in [-0.39, 0.29) is 35.7 Å². The number of rotatable bonds is 8. The van der Waals surface area contributed by atoms with E-state index in [9.17, 15) is 23.6 Å². The number of hydrogen-bond donors (Lipinski definition) is 1. The standard InChI is InChI=1S/C16H17FN2O5S2/c1-10(15(22)18-6-7-19-13(20)8-26-16(19)23)24-14(21)9-25-12-5-3-2-4-11(12)17/h2-5,10H,6-9H2,1H3,(H,18,22)/t10-/m0/s1. The first-order chi connectivity index (χ1) is 12.4. The molecule has 1 heterocycles. The summed E-state index contributed by atoms with van der Waals surface area (Å²) in [5.41, 5.74) is 0. The molecule has 0 aliphatic carbocycles. The Hall–Kier alpha value is -2.07. The topological polar surface area (TPSA) is 92.8 Å². The lowest BCUT2D eigenvalue weighted by molar-refractivity contribution is -0.152. The maximum Gasteiger partial charge on any atom is 0.317 e. The highest BCUT2D eigenvalue weighted by atomic mass is 32.2. The van der Waals surface area contributed by atoms with Crippen LogP contribution in [0.25, 0.3) is 0 Å². The van der Waals surface area contributed by atoms with Crippen molar-refractivity contribution >= 4 is 46.5 Å². The smallest absolute Gasteiger partial charge is 0.317 e. The van der Waals surface area contributed by atoms with Gasteiger partial charge in [0.1, 0.15) is 5.82 Å². The van der Waals surface area contributed by atoms with Gasteiger partial charge in [-0.15, -0.1) is 11.8 Å². The summed E-state index contributed by atoms with van der Waals surface area (Å²) in [6.07, 6.45) is -1.04. The minimum absolute atomic E-state index is 0.0697. The molecule has 1 aromatic rings. The van der Waals surface area contributed by atoms with Gasteiger partial charge in [-0.05, 0) is 19.1 Å². The fraction of sp³-hybridized carbons (Fsp3) is 0.375. The number of hydrogen-bond acceptors (Lipinski definition) is 7. The number of halogens is 1. The van der Waals surface area contributed by atoms with Crippen LogP contribution < -0.4 is 5.32 Å². The Morgan fingerprint density at radius 1 is 1.38 bits per heavy atom. The van der Waals surface area contributed by atoms with Crippen LogP contribution in [0.2, 0.25) is 0 Å². The normalized spacial score (nSPS) is 15.1. The molecular weight excluding hydrogens is 383 g/mol. The van der Waals surface area contributed by atoms with Crippen molar-refractivity contribution in [2.24, 2.45) is 0 Å². The van der Waals surface area contributed by atoms with Gasteiger partial charge in [-0.3, -0.25) is 24.1 Å². The molecule has 0 radical (unpaired) electrons. The average molecular weight is 400 g/mol. The minimum Gasteiger partial charge on any atom is -0.452 e. The van der Waals surface area contributed by atoms with E-state index in [1.54, 1.807) is 18.2 Å². The molecule has 0 bridgehead atoms. The van der Waals surface area contributed by atoms with Gasteiger partial charge in [0.25, 0.3) is 11.1 Å². The highest BCUT2D eigenvalue weighted by Gasteiger charge is 2.29. The third-order valence-electron chi connectivity index (χ3n) is 3.33.